The summed E-state index contributed by atoms with van der Waals surface area (Å²) in [4.78, 5) is 20.8. The predicted molar refractivity (Wildman–Crippen MR) is 186 cm³/mol. The molecule has 0 aliphatic rings. The number of carbonyl (C=O) groups excluding carboxylic acids is 2. The van der Waals surface area contributed by atoms with Crippen LogP contribution in [0.25, 0.3) is 0 Å². The number of carboxylic acid groups (broad SMARTS) is 2. The minimum Gasteiger partial charge on any atom is -0.550 e. The monoisotopic (exact) mass is 720 g/mol. The number of unbranched alkanes of at least 4 members (excludes halogenated alkanes) is 18. The number of hydrogen-bond donors (Lipinski definition) is 0. The molecule has 0 fully saturated rings. The second-order valence-corrected chi connectivity index (χ2v) is 17.0. The van der Waals surface area contributed by atoms with Gasteiger partial charge in [-0.2, -0.15) is 0 Å². The van der Waals surface area contributed by atoms with Crippen LogP contribution in [0.15, 0.2) is 30.3 Å². The first kappa shape index (κ1) is 43.0. The Balaban J connectivity index is 0.00000177. The maximum absolute atomic E-state index is 10.4. The van der Waals surface area contributed by atoms with Crippen molar-refractivity contribution < 1.29 is 19.8 Å². The van der Waals surface area contributed by atoms with Crippen molar-refractivity contribution in [1.29, 1.82) is 0 Å². The van der Waals surface area contributed by atoms with Gasteiger partial charge in [-0.25, -0.2) is 0 Å². The molecule has 44 heavy (non-hydrogen) atoms. The van der Waals surface area contributed by atoms with Gasteiger partial charge in [0.15, 0.2) is 0 Å². The standard InChI is InChI=1S/C31H52O4.2C4H9.Sn/c32-30(33)26-20-13-9-5-1-3-7-11-16-22-28(29-24-18-15-19-25-29)23-17-12-8-4-2-6-10-14-21-27-31(34)35;2*1-3-4-2;/h15,18-19,24-25,28H,1-14,16-17,20-23,26-27H2,(H,32,33)(H,34,35);2*1,3-4H2,2H3;/q;;;+2/p-2. The summed E-state index contributed by atoms with van der Waals surface area (Å²) in [5.41, 5.74) is 1.50. The second kappa shape index (κ2) is 34.8. The van der Waals surface area contributed by atoms with Gasteiger partial charge in [-0.1, -0.05) is 133 Å². The maximum atomic E-state index is 10.4. The van der Waals surface area contributed by atoms with E-state index in [2.05, 4.69) is 44.2 Å². The maximum Gasteiger partial charge on any atom is 0.0414 e. The largest absolute Gasteiger partial charge is 0.550 e. The van der Waals surface area contributed by atoms with Crippen LogP contribution in [0.5, 0.6) is 0 Å². The first-order valence-electron chi connectivity index (χ1n) is 18.7. The molecule has 0 heterocycles. The molecule has 0 radical (unpaired) electrons. The van der Waals surface area contributed by atoms with E-state index in [0.717, 1.165) is 38.5 Å². The fourth-order valence-corrected chi connectivity index (χ4v) is 9.89. The average Bonchev–Trinajstić information content (AvgIpc) is 3.01. The zero-order valence-electron chi connectivity index (χ0n) is 28.9. The van der Waals surface area contributed by atoms with Crippen molar-refractivity contribution in [3.8, 4) is 0 Å². The van der Waals surface area contributed by atoms with Crippen LogP contribution in [-0.2, 0) is 9.59 Å². The van der Waals surface area contributed by atoms with Gasteiger partial charge in [0.1, 0.15) is 0 Å². The van der Waals surface area contributed by atoms with E-state index in [1.54, 1.807) is 8.87 Å². The summed E-state index contributed by atoms with van der Waals surface area (Å²) in [6.07, 6.45) is 30.1. The normalized spacial score (nSPS) is 10.8. The molecule has 4 nitrogen and oxygen atoms in total. The molecule has 0 N–H and O–H groups in total. The van der Waals surface area contributed by atoms with Crippen molar-refractivity contribution in [3.05, 3.63) is 35.9 Å². The van der Waals surface area contributed by atoms with Crippen molar-refractivity contribution in [2.75, 3.05) is 0 Å². The first-order valence-corrected chi connectivity index (χ1v) is 22.7. The summed E-state index contributed by atoms with van der Waals surface area (Å²) in [7, 11) is 0. The average molecular weight is 720 g/mol. The molecule has 0 aliphatic carbocycles. The molecule has 0 bridgehead atoms. The van der Waals surface area contributed by atoms with Gasteiger partial charge >= 0.3 is 69.5 Å². The van der Waals surface area contributed by atoms with Crippen LogP contribution in [0.1, 0.15) is 192 Å². The van der Waals surface area contributed by atoms with E-state index in [9.17, 15) is 19.8 Å². The summed E-state index contributed by atoms with van der Waals surface area (Å²) in [5.74, 6) is -1.16. The third-order valence-electron chi connectivity index (χ3n) is 8.55. The van der Waals surface area contributed by atoms with Crippen LogP contribution in [-0.4, -0.2) is 33.1 Å². The zero-order chi connectivity index (χ0) is 32.4. The van der Waals surface area contributed by atoms with E-state index in [1.807, 2.05) is 0 Å². The van der Waals surface area contributed by atoms with Gasteiger partial charge in [0.25, 0.3) is 0 Å². The molecular formula is C39H68O4Sn. The Morgan fingerprint density at radius 3 is 1.20 bits per heavy atom. The summed E-state index contributed by atoms with van der Waals surface area (Å²) < 4.78 is 3.25. The molecule has 0 saturated heterocycles. The van der Waals surface area contributed by atoms with Gasteiger partial charge in [0, 0.05) is 11.9 Å². The Morgan fingerprint density at radius 2 is 0.864 bits per heavy atom. The summed E-state index contributed by atoms with van der Waals surface area (Å²) in [6, 6.07) is 11.0. The molecule has 0 amide bonds. The van der Waals surface area contributed by atoms with Crippen molar-refractivity contribution in [2.45, 2.75) is 196 Å². The Bertz CT molecular complexity index is 697. The quantitative estimate of drug-likeness (QED) is 0.0565. The molecule has 0 aliphatic heterocycles. The third-order valence-corrected chi connectivity index (χ3v) is 12.6. The van der Waals surface area contributed by atoms with Crippen LogP contribution in [0.3, 0.4) is 0 Å². The number of aliphatic carboxylic acids is 2. The number of rotatable bonds is 31. The van der Waals surface area contributed by atoms with Gasteiger partial charge in [-0.15, -0.1) is 0 Å². The molecular weight excluding hydrogens is 651 g/mol. The number of carbonyl (C=O) groups is 2. The van der Waals surface area contributed by atoms with Crippen molar-refractivity contribution in [2.24, 2.45) is 0 Å². The van der Waals surface area contributed by atoms with E-state index in [1.165, 1.54) is 121 Å². The topological polar surface area (TPSA) is 80.3 Å². The Kier molecular flexibility index (Phi) is 34.0. The zero-order valence-corrected chi connectivity index (χ0v) is 31.8. The summed E-state index contributed by atoms with van der Waals surface area (Å²) >= 11 is 0.149. The van der Waals surface area contributed by atoms with E-state index in [4.69, 9.17) is 0 Å². The van der Waals surface area contributed by atoms with E-state index in [-0.39, 0.29) is 34.0 Å². The summed E-state index contributed by atoms with van der Waals surface area (Å²) in [6.45, 7) is 4.58. The minimum atomic E-state index is -0.921. The van der Waals surface area contributed by atoms with Gasteiger partial charge in [-0.05, 0) is 50.0 Å². The van der Waals surface area contributed by atoms with Gasteiger partial charge in [-0.3, -0.25) is 0 Å². The Morgan fingerprint density at radius 1 is 0.523 bits per heavy atom. The van der Waals surface area contributed by atoms with E-state index < -0.39 is 11.9 Å². The van der Waals surface area contributed by atoms with Crippen LogP contribution in [0, 0.1) is 0 Å². The second-order valence-electron chi connectivity index (χ2n) is 12.8. The Hall–Kier alpha value is -1.04. The van der Waals surface area contributed by atoms with Gasteiger partial charge in [0.2, 0.25) is 0 Å². The smallest absolute Gasteiger partial charge is 0.0414 e. The molecule has 1 aromatic carbocycles. The van der Waals surface area contributed by atoms with E-state index in [0.29, 0.717) is 5.92 Å². The SMILES string of the molecule is CCC[CH2][Sn+2][CH2]CCC.O=C([O-])CCCCCCCCCCCC(CCCCCCCCCCCC(=O)[O-])c1ccccc1. The van der Waals surface area contributed by atoms with Crippen LogP contribution < -0.4 is 10.2 Å². The van der Waals surface area contributed by atoms with Gasteiger partial charge in [0.05, 0.1) is 0 Å². The molecule has 0 aromatic heterocycles. The van der Waals surface area contributed by atoms with Crippen molar-refractivity contribution >= 4 is 33.1 Å². The molecule has 0 saturated carbocycles. The molecule has 1 aromatic rings. The number of hydrogen-bond acceptors (Lipinski definition) is 4. The fraction of sp³-hybridized carbons (Fsp3) is 0.795. The molecule has 252 valence electrons. The van der Waals surface area contributed by atoms with E-state index >= 15 is 0 Å². The molecule has 1 rings (SSSR count). The minimum absolute atomic E-state index is 0.149. The van der Waals surface area contributed by atoms with Crippen LogP contribution in [0.2, 0.25) is 8.87 Å². The van der Waals surface area contributed by atoms with Crippen molar-refractivity contribution in [1.82, 2.24) is 0 Å². The third kappa shape index (κ3) is 32.4. The fourth-order valence-electron chi connectivity index (χ4n) is 5.73. The molecule has 0 atom stereocenters. The first-order chi connectivity index (χ1) is 21.5. The van der Waals surface area contributed by atoms with Crippen LogP contribution in [0.4, 0.5) is 0 Å². The number of carboxylic acids is 2. The Labute approximate surface area is 283 Å². The molecule has 0 spiro atoms. The van der Waals surface area contributed by atoms with Gasteiger partial charge < -0.3 is 19.8 Å². The summed E-state index contributed by atoms with van der Waals surface area (Å²) in [5, 5.41) is 20.8. The van der Waals surface area contributed by atoms with Crippen molar-refractivity contribution in [3.63, 3.8) is 0 Å². The molecule has 0 unspecified atom stereocenters. The van der Waals surface area contributed by atoms with Crippen LogP contribution >= 0.6 is 0 Å². The predicted octanol–water partition coefficient (Wildman–Crippen LogP) is 9.98. The molecule has 5 heteroatoms. The number of benzene rings is 1.